The topological polar surface area (TPSA) is 42.7 Å². The standard InChI is InChI=1S/C20H19NO3S2/c1-23-15-8-6-13(7-9-15)17-11-10-16(24-17)12-18-19(22)21(20(25)26-18)14-4-2-3-5-14/h6-12,14H,2-5H2,1H3/b18-12-. The van der Waals surface area contributed by atoms with Gasteiger partial charge in [0.2, 0.25) is 0 Å². The SMILES string of the molecule is COc1ccc(-c2ccc(/C=C3\SC(=S)N(C4CCCC4)C3=O)o2)cc1. The van der Waals surface area contributed by atoms with Gasteiger partial charge in [0, 0.05) is 17.7 Å². The highest BCUT2D eigenvalue weighted by molar-refractivity contribution is 8.26. The Bertz CT molecular complexity index is 863. The van der Waals surface area contributed by atoms with Gasteiger partial charge in [-0.1, -0.05) is 36.8 Å². The normalized spacial score (nSPS) is 19.7. The van der Waals surface area contributed by atoms with Crippen molar-refractivity contribution in [3.63, 3.8) is 0 Å². The molecule has 1 aromatic heterocycles. The molecule has 134 valence electrons. The molecule has 0 spiro atoms. The monoisotopic (exact) mass is 385 g/mol. The quantitative estimate of drug-likeness (QED) is 0.541. The van der Waals surface area contributed by atoms with Crippen LogP contribution < -0.4 is 4.74 Å². The molecule has 2 fully saturated rings. The molecule has 0 atom stereocenters. The fraction of sp³-hybridized carbons (Fsp3) is 0.300. The van der Waals surface area contributed by atoms with Crippen molar-refractivity contribution in [1.29, 1.82) is 0 Å². The molecule has 1 saturated carbocycles. The van der Waals surface area contributed by atoms with Gasteiger partial charge < -0.3 is 9.15 Å². The van der Waals surface area contributed by atoms with Gasteiger partial charge in [-0.05, 0) is 49.2 Å². The Morgan fingerprint density at radius 1 is 1.19 bits per heavy atom. The zero-order valence-corrected chi connectivity index (χ0v) is 16.1. The van der Waals surface area contributed by atoms with Crippen molar-refractivity contribution >= 4 is 40.3 Å². The summed E-state index contributed by atoms with van der Waals surface area (Å²) in [4.78, 5) is 15.2. The predicted octanol–water partition coefficient (Wildman–Crippen LogP) is 5.10. The van der Waals surface area contributed by atoms with Crippen molar-refractivity contribution in [2.24, 2.45) is 0 Å². The first kappa shape index (κ1) is 17.4. The molecule has 4 nitrogen and oxygen atoms in total. The van der Waals surface area contributed by atoms with Crippen molar-refractivity contribution < 1.29 is 13.9 Å². The van der Waals surface area contributed by atoms with Crippen molar-refractivity contribution in [1.82, 2.24) is 4.90 Å². The molecular weight excluding hydrogens is 366 g/mol. The van der Waals surface area contributed by atoms with E-state index in [9.17, 15) is 4.79 Å². The van der Waals surface area contributed by atoms with Crippen molar-refractivity contribution in [2.75, 3.05) is 7.11 Å². The first-order chi connectivity index (χ1) is 12.7. The minimum absolute atomic E-state index is 0.00861. The van der Waals surface area contributed by atoms with Crippen LogP contribution in [0.5, 0.6) is 5.75 Å². The number of thioether (sulfide) groups is 1. The number of hydrogen-bond acceptors (Lipinski definition) is 5. The van der Waals surface area contributed by atoms with Gasteiger partial charge in [-0.15, -0.1) is 0 Å². The second kappa shape index (κ2) is 7.29. The lowest BCUT2D eigenvalue weighted by atomic mass is 10.2. The predicted molar refractivity (Wildman–Crippen MR) is 108 cm³/mol. The molecule has 1 aliphatic heterocycles. The van der Waals surface area contributed by atoms with Gasteiger partial charge in [-0.25, -0.2) is 0 Å². The summed E-state index contributed by atoms with van der Waals surface area (Å²) in [6.07, 6.45) is 6.22. The molecule has 6 heteroatoms. The Morgan fingerprint density at radius 3 is 2.62 bits per heavy atom. The zero-order valence-electron chi connectivity index (χ0n) is 14.4. The summed E-state index contributed by atoms with van der Waals surface area (Å²) in [6, 6.07) is 11.7. The van der Waals surface area contributed by atoms with Crippen LogP contribution in [0.1, 0.15) is 31.4 Å². The summed E-state index contributed by atoms with van der Waals surface area (Å²) in [5.74, 6) is 2.22. The van der Waals surface area contributed by atoms with E-state index in [1.54, 1.807) is 18.1 Å². The molecule has 1 aliphatic carbocycles. The van der Waals surface area contributed by atoms with Crippen LogP contribution in [-0.4, -0.2) is 28.3 Å². The third-order valence-corrected chi connectivity index (χ3v) is 6.12. The second-order valence-electron chi connectivity index (χ2n) is 6.42. The zero-order chi connectivity index (χ0) is 18.1. The highest BCUT2D eigenvalue weighted by atomic mass is 32.2. The molecule has 1 amide bonds. The summed E-state index contributed by atoms with van der Waals surface area (Å²) in [7, 11) is 1.64. The van der Waals surface area contributed by atoms with Gasteiger partial charge in [-0.3, -0.25) is 9.69 Å². The lowest BCUT2D eigenvalue weighted by molar-refractivity contribution is -0.123. The van der Waals surface area contributed by atoms with Gasteiger partial charge in [-0.2, -0.15) is 0 Å². The van der Waals surface area contributed by atoms with E-state index in [4.69, 9.17) is 21.4 Å². The van der Waals surface area contributed by atoms with Gasteiger partial charge >= 0.3 is 0 Å². The fourth-order valence-corrected chi connectivity index (χ4v) is 4.81. The van der Waals surface area contributed by atoms with Crippen LogP contribution in [-0.2, 0) is 4.79 Å². The highest BCUT2D eigenvalue weighted by Gasteiger charge is 2.38. The number of thiocarbonyl (C=S) groups is 1. The summed E-state index contributed by atoms with van der Waals surface area (Å²) >= 11 is 6.80. The van der Waals surface area contributed by atoms with E-state index in [0.717, 1.165) is 29.9 Å². The first-order valence-electron chi connectivity index (χ1n) is 8.67. The number of rotatable bonds is 4. The second-order valence-corrected chi connectivity index (χ2v) is 8.10. The fourth-order valence-electron chi connectivity index (χ4n) is 3.43. The average molecular weight is 386 g/mol. The number of methoxy groups -OCH3 is 1. The van der Waals surface area contributed by atoms with E-state index in [1.807, 2.05) is 36.4 Å². The van der Waals surface area contributed by atoms with Crippen LogP contribution in [0.25, 0.3) is 17.4 Å². The molecule has 0 bridgehead atoms. The molecule has 4 rings (SSSR count). The lowest BCUT2D eigenvalue weighted by Crippen LogP contribution is -2.36. The van der Waals surface area contributed by atoms with Crippen LogP contribution in [0.3, 0.4) is 0 Å². The number of furan rings is 1. The molecule has 0 radical (unpaired) electrons. The van der Waals surface area contributed by atoms with E-state index in [0.29, 0.717) is 15.0 Å². The Labute approximate surface area is 162 Å². The Balaban J connectivity index is 1.54. The van der Waals surface area contributed by atoms with Crippen molar-refractivity contribution in [2.45, 2.75) is 31.7 Å². The average Bonchev–Trinajstić information content (AvgIpc) is 3.38. The molecule has 2 heterocycles. The molecule has 0 unspecified atom stereocenters. The van der Waals surface area contributed by atoms with Gasteiger partial charge in [0.1, 0.15) is 21.6 Å². The number of ether oxygens (including phenoxy) is 1. The van der Waals surface area contributed by atoms with Crippen molar-refractivity contribution in [3.05, 3.63) is 47.1 Å². The maximum Gasteiger partial charge on any atom is 0.266 e. The minimum Gasteiger partial charge on any atom is -0.497 e. The molecule has 2 aliphatic rings. The van der Waals surface area contributed by atoms with Crippen LogP contribution >= 0.6 is 24.0 Å². The maximum absolute atomic E-state index is 12.7. The number of amides is 1. The Hall–Kier alpha value is -2.05. The van der Waals surface area contributed by atoms with Gasteiger partial charge in [0.15, 0.2) is 0 Å². The van der Waals surface area contributed by atoms with E-state index < -0.39 is 0 Å². The van der Waals surface area contributed by atoms with E-state index in [2.05, 4.69) is 0 Å². The highest BCUT2D eigenvalue weighted by Crippen LogP contribution is 2.38. The third kappa shape index (κ3) is 3.31. The largest absolute Gasteiger partial charge is 0.497 e. The summed E-state index contributed by atoms with van der Waals surface area (Å²) in [5.41, 5.74) is 0.962. The van der Waals surface area contributed by atoms with Crippen LogP contribution in [0, 0.1) is 0 Å². The van der Waals surface area contributed by atoms with Crippen LogP contribution in [0.2, 0.25) is 0 Å². The first-order valence-corrected chi connectivity index (χ1v) is 9.89. The van der Waals surface area contributed by atoms with E-state index >= 15 is 0 Å². The number of benzene rings is 1. The molecule has 2 aromatic rings. The van der Waals surface area contributed by atoms with E-state index in [1.165, 1.54) is 24.6 Å². The Morgan fingerprint density at radius 2 is 1.92 bits per heavy atom. The molecule has 1 saturated heterocycles. The van der Waals surface area contributed by atoms with Crippen molar-refractivity contribution in [3.8, 4) is 17.1 Å². The van der Waals surface area contributed by atoms with Gasteiger partial charge in [0.05, 0.1) is 12.0 Å². The molecule has 0 N–H and O–H groups in total. The third-order valence-electron chi connectivity index (χ3n) is 4.79. The smallest absolute Gasteiger partial charge is 0.266 e. The van der Waals surface area contributed by atoms with E-state index in [-0.39, 0.29) is 11.9 Å². The molecular formula is C20H19NO3S2. The number of hydrogen-bond donors (Lipinski definition) is 0. The number of carbonyl (C=O) groups is 1. The van der Waals surface area contributed by atoms with Crippen LogP contribution in [0.4, 0.5) is 0 Å². The lowest BCUT2D eigenvalue weighted by Gasteiger charge is -2.21. The maximum atomic E-state index is 12.7. The van der Waals surface area contributed by atoms with Gasteiger partial charge in [0.25, 0.3) is 5.91 Å². The Kier molecular flexibility index (Phi) is 4.87. The number of nitrogens with zero attached hydrogens (tertiary/aromatic N) is 1. The summed E-state index contributed by atoms with van der Waals surface area (Å²) in [6.45, 7) is 0. The minimum atomic E-state index is 0.00861. The summed E-state index contributed by atoms with van der Waals surface area (Å²) < 4.78 is 11.7. The van der Waals surface area contributed by atoms with Crippen LogP contribution in [0.15, 0.2) is 45.7 Å². The summed E-state index contributed by atoms with van der Waals surface area (Å²) in [5, 5.41) is 0. The molecule has 26 heavy (non-hydrogen) atoms. The molecule has 1 aromatic carbocycles. The number of carbonyl (C=O) groups excluding carboxylic acids is 1.